The smallest absolute Gasteiger partial charge is 0.226 e. The Morgan fingerprint density at radius 2 is 1.93 bits per heavy atom. The SMILES string of the molecule is Cn1cc(-c2cc3c(N4CC5CCC(C4)N5C(=O)C4CC4)ncnc3[nH]2)cn1. The second kappa shape index (κ2) is 5.80. The lowest BCUT2D eigenvalue weighted by Crippen LogP contribution is -2.56. The van der Waals surface area contributed by atoms with Gasteiger partial charge in [-0.3, -0.25) is 9.48 Å². The molecule has 1 saturated carbocycles. The van der Waals surface area contributed by atoms with Gasteiger partial charge in [-0.2, -0.15) is 5.10 Å². The van der Waals surface area contributed by atoms with E-state index >= 15 is 0 Å². The number of aromatic nitrogens is 5. The van der Waals surface area contributed by atoms with Crippen molar-refractivity contribution < 1.29 is 4.79 Å². The molecule has 3 fully saturated rings. The van der Waals surface area contributed by atoms with E-state index in [0.29, 0.717) is 23.9 Å². The molecule has 0 aromatic carbocycles. The maximum atomic E-state index is 12.7. The van der Waals surface area contributed by atoms with Gasteiger partial charge in [0.2, 0.25) is 5.91 Å². The Labute approximate surface area is 162 Å². The van der Waals surface area contributed by atoms with Gasteiger partial charge in [0.15, 0.2) is 0 Å². The molecule has 3 aromatic rings. The lowest BCUT2D eigenvalue weighted by molar-refractivity contribution is -0.135. The number of carbonyl (C=O) groups is 1. The highest BCUT2D eigenvalue weighted by atomic mass is 16.2. The summed E-state index contributed by atoms with van der Waals surface area (Å²) in [5, 5.41) is 5.29. The van der Waals surface area contributed by atoms with Gasteiger partial charge in [0.1, 0.15) is 17.8 Å². The molecule has 0 spiro atoms. The number of piperazine rings is 1. The van der Waals surface area contributed by atoms with E-state index in [4.69, 9.17) is 0 Å². The number of nitrogens with zero attached hydrogens (tertiary/aromatic N) is 6. The van der Waals surface area contributed by atoms with Gasteiger partial charge in [0.05, 0.1) is 17.3 Å². The summed E-state index contributed by atoms with van der Waals surface area (Å²) in [4.78, 5) is 29.7. The van der Waals surface area contributed by atoms with Crippen LogP contribution in [0.15, 0.2) is 24.8 Å². The molecule has 2 atom stereocenters. The van der Waals surface area contributed by atoms with Crippen LogP contribution in [0.5, 0.6) is 0 Å². The Hall–Kier alpha value is -2.90. The third-order valence-corrected chi connectivity index (χ3v) is 6.38. The van der Waals surface area contributed by atoms with Crippen LogP contribution < -0.4 is 4.90 Å². The van der Waals surface area contributed by atoms with Crippen molar-refractivity contribution >= 4 is 22.8 Å². The number of hydrogen-bond donors (Lipinski definition) is 1. The highest BCUT2D eigenvalue weighted by Gasteiger charge is 2.46. The predicted octanol–water partition coefficient (Wildman–Crippen LogP) is 1.95. The summed E-state index contributed by atoms with van der Waals surface area (Å²) in [5.74, 6) is 1.65. The second-order valence-electron chi connectivity index (χ2n) is 8.36. The van der Waals surface area contributed by atoms with E-state index in [0.717, 1.165) is 66.9 Å². The van der Waals surface area contributed by atoms with Crippen molar-refractivity contribution in [1.29, 1.82) is 0 Å². The number of nitrogens with one attached hydrogen (secondary N) is 1. The Kier molecular flexibility index (Phi) is 3.33. The Morgan fingerprint density at radius 1 is 1.14 bits per heavy atom. The summed E-state index contributed by atoms with van der Waals surface area (Å²) >= 11 is 0. The molecule has 2 bridgehead atoms. The number of carbonyl (C=O) groups excluding carboxylic acids is 1. The van der Waals surface area contributed by atoms with Crippen molar-refractivity contribution in [3.8, 4) is 11.3 Å². The normalized spacial score (nSPS) is 24.3. The van der Waals surface area contributed by atoms with Crippen molar-refractivity contribution in [2.75, 3.05) is 18.0 Å². The van der Waals surface area contributed by atoms with E-state index in [1.807, 2.05) is 19.4 Å². The van der Waals surface area contributed by atoms with E-state index in [1.54, 1.807) is 11.0 Å². The fraction of sp³-hybridized carbons (Fsp3) is 0.500. The average molecular weight is 377 g/mol. The summed E-state index contributed by atoms with van der Waals surface area (Å²) in [5.41, 5.74) is 2.87. The van der Waals surface area contributed by atoms with Gasteiger partial charge in [-0.1, -0.05) is 0 Å². The summed E-state index contributed by atoms with van der Waals surface area (Å²) < 4.78 is 1.79. The van der Waals surface area contributed by atoms with E-state index < -0.39 is 0 Å². The van der Waals surface area contributed by atoms with Crippen LogP contribution in [0.2, 0.25) is 0 Å². The van der Waals surface area contributed by atoms with Gasteiger partial charge in [0.25, 0.3) is 0 Å². The summed E-state index contributed by atoms with van der Waals surface area (Å²) in [6.45, 7) is 1.71. The third-order valence-electron chi connectivity index (χ3n) is 6.38. The van der Waals surface area contributed by atoms with Crippen LogP contribution in [0.4, 0.5) is 5.82 Å². The van der Waals surface area contributed by atoms with Crippen molar-refractivity contribution in [2.24, 2.45) is 13.0 Å². The van der Waals surface area contributed by atoms with Crippen LogP contribution in [0, 0.1) is 5.92 Å². The number of rotatable bonds is 3. The van der Waals surface area contributed by atoms with E-state index in [1.165, 1.54) is 0 Å². The first-order chi connectivity index (χ1) is 13.7. The van der Waals surface area contributed by atoms with Gasteiger partial charge in [-0.25, -0.2) is 9.97 Å². The first-order valence-corrected chi connectivity index (χ1v) is 10.1. The molecule has 8 nitrogen and oxygen atoms in total. The minimum absolute atomic E-state index is 0.298. The fourth-order valence-corrected chi connectivity index (χ4v) is 4.87. The van der Waals surface area contributed by atoms with Crippen LogP contribution >= 0.6 is 0 Å². The van der Waals surface area contributed by atoms with Crippen LogP contribution in [-0.4, -0.2) is 60.7 Å². The van der Waals surface area contributed by atoms with Gasteiger partial charge in [0, 0.05) is 49.9 Å². The first kappa shape index (κ1) is 16.1. The minimum atomic E-state index is 0.298. The third kappa shape index (κ3) is 2.43. The highest BCUT2D eigenvalue weighted by Crippen LogP contribution is 2.39. The van der Waals surface area contributed by atoms with Crippen LogP contribution in [0.1, 0.15) is 25.7 Å². The number of anilines is 1. The van der Waals surface area contributed by atoms with Crippen molar-refractivity contribution in [2.45, 2.75) is 37.8 Å². The van der Waals surface area contributed by atoms with Gasteiger partial charge < -0.3 is 14.8 Å². The first-order valence-electron chi connectivity index (χ1n) is 10.1. The van der Waals surface area contributed by atoms with Crippen molar-refractivity contribution in [3.05, 3.63) is 24.8 Å². The molecule has 0 radical (unpaired) electrons. The predicted molar refractivity (Wildman–Crippen MR) is 105 cm³/mol. The molecule has 2 saturated heterocycles. The monoisotopic (exact) mass is 377 g/mol. The molecule has 6 rings (SSSR count). The lowest BCUT2D eigenvalue weighted by atomic mass is 10.1. The van der Waals surface area contributed by atoms with E-state index in [9.17, 15) is 4.79 Å². The molecule has 8 heteroatoms. The molecule has 1 amide bonds. The average Bonchev–Trinajstić information content (AvgIpc) is 3.22. The Balaban J connectivity index is 1.33. The minimum Gasteiger partial charge on any atom is -0.352 e. The second-order valence-corrected chi connectivity index (χ2v) is 8.36. The number of aryl methyl sites for hydroxylation is 1. The fourth-order valence-electron chi connectivity index (χ4n) is 4.87. The van der Waals surface area contributed by atoms with Gasteiger partial charge in [-0.15, -0.1) is 0 Å². The largest absolute Gasteiger partial charge is 0.352 e. The standard InChI is InChI=1S/C20H23N7O/c1-25-8-13(7-23-25)17-6-16-18(24-17)21-11-22-19(16)26-9-14-4-5-15(10-26)27(14)20(28)12-2-3-12/h6-8,11-12,14-15H,2-5,9-10H2,1H3,(H,21,22,24). The molecule has 3 aliphatic rings. The molecule has 2 aliphatic heterocycles. The number of H-pyrrole nitrogens is 1. The van der Waals surface area contributed by atoms with E-state index in [2.05, 4.69) is 35.9 Å². The lowest BCUT2D eigenvalue weighted by Gasteiger charge is -2.41. The Bertz CT molecular complexity index is 1050. The maximum absolute atomic E-state index is 12.7. The number of amides is 1. The number of fused-ring (bicyclic) bond motifs is 3. The van der Waals surface area contributed by atoms with Crippen LogP contribution in [0.3, 0.4) is 0 Å². The molecule has 28 heavy (non-hydrogen) atoms. The quantitative estimate of drug-likeness (QED) is 0.754. The van der Waals surface area contributed by atoms with E-state index in [-0.39, 0.29) is 0 Å². The highest BCUT2D eigenvalue weighted by molar-refractivity contribution is 5.92. The van der Waals surface area contributed by atoms with Gasteiger partial charge in [-0.05, 0) is 31.7 Å². The molecule has 1 N–H and O–H groups in total. The molecule has 2 unspecified atom stereocenters. The number of aromatic amines is 1. The molecule has 1 aliphatic carbocycles. The summed E-state index contributed by atoms with van der Waals surface area (Å²) in [6.07, 6.45) is 9.81. The Morgan fingerprint density at radius 3 is 2.61 bits per heavy atom. The molecule has 5 heterocycles. The zero-order valence-electron chi connectivity index (χ0n) is 15.9. The van der Waals surface area contributed by atoms with Crippen LogP contribution in [0.25, 0.3) is 22.3 Å². The van der Waals surface area contributed by atoms with Crippen molar-refractivity contribution in [3.63, 3.8) is 0 Å². The number of hydrogen-bond acceptors (Lipinski definition) is 5. The molecule has 144 valence electrons. The van der Waals surface area contributed by atoms with Crippen LogP contribution in [-0.2, 0) is 11.8 Å². The van der Waals surface area contributed by atoms with Gasteiger partial charge >= 0.3 is 0 Å². The maximum Gasteiger partial charge on any atom is 0.226 e. The zero-order chi connectivity index (χ0) is 18.8. The van der Waals surface area contributed by atoms with Crippen molar-refractivity contribution in [1.82, 2.24) is 29.6 Å². The molecule has 3 aromatic heterocycles. The molecular weight excluding hydrogens is 354 g/mol. The topological polar surface area (TPSA) is 82.9 Å². The molecular formula is C20H23N7O. The zero-order valence-corrected chi connectivity index (χ0v) is 15.9. The summed E-state index contributed by atoms with van der Waals surface area (Å²) in [7, 11) is 1.91. The summed E-state index contributed by atoms with van der Waals surface area (Å²) in [6, 6.07) is 2.74.